The molecule has 7 aromatic rings. The molecular formula is C43H37B2IrN2-. The first-order valence-electron chi connectivity index (χ1n) is 16.6. The van der Waals surface area contributed by atoms with Gasteiger partial charge in [0.25, 0.3) is 0 Å². The molecule has 1 aromatic heterocycles. The molecule has 0 atom stereocenters. The number of rotatable bonds is 4. The van der Waals surface area contributed by atoms with Crippen LogP contribution in [0.15, 0.2) is 115 Å². The van der Waals surface area contributed by atoms with Crippen molar-refractivity contribution in [3.8, 4) is 17.1 Å². The molecule has 0 N–H and O–H groups in total. The Kier molecular flexibility index (Phi) is 8.40. The van der Waals surface area contributed by atoms with Gasteiger partial charge in [-0.3, -0.25) is 4.98 Å². The Bertz CT molecular complexity index is 2290. The van der Waals surface area contributed by atoms with E-state index in [1.807, 2.05) is 0 Å². The van der Waals surface area contributed by atoms with Crippen LogP contribution in [0.3, 0.4) is 0 Å². The van der Waals surface area contributed by atoms with Crippen molar-refractivity contribution in [2.24, 2.45) is 0 Å². The van der Waals surface area contributed by atoms with Gasteiger partial charge in [0.15, 0.2) is 6.71 Å². The van der Waals surface area contributed by atoms with E-state index in [1.165, 1.54) is 71.8 Å². The molecule has 1 aliphatic heterocycles. The molecule has 0 aliphatic carbocycles. The van der Waals surface area contributed by atoms with Crippen molar-refractivity contribution >= 4 is 57.2 Å². The summed E-state index contributed by atoms with van der Waals surface area (Å²) in [6.45, 7) is 13.6. The van der Waals surface area contributed by atoms with Crippen LogP contribution >= 0.6 is 0 Å². The van der Waals surface area contributed by atoms with Gasteiger partial charge in [-0.25, -0.2) is 0 Å². The first kappa shape index (κ1) is 32.1. The van der Waals surface area contributed by atoms with Gasteiger partial charge in [0.2, 0.25) is 6.71 Å². The first-order chi connectivity index (χ1) is 22.8. The largest absolute Gasteiger partial charge is 0.333 e. The molecule has 48 heavy (non-hydrogen) atoms. The summed E-state index contributed by atoms with van der Waals surface area (Å²) in [5, 5.41) is 0. The van der Waals surface area contributed by atoms with Crippen LogP contribution in [0.5, 0.6) is 0 Å². The zero-order valence-electron chi connectivity index (χ0n) is 28.4. The van der Waals surface area contributed by atoms with E-state index in [0.29, 0.717) is 0 Å². The van der Waals surface area contributed by atoms with Crippen LogP contribution in [0.1, 0.15) is 33.4 Å². The van der Waals surface area contributed by atoms with E-state index in [2.05, 4.69) is 167 Å². The molecule has 0 fully saturated rings. The minimum absolute atomic E-state index is 0. The second-order valence-electron chi connectivity index (χ2n) is 13.4. The quantitative estimate of drug-likeness (QED) is 0.166. The van der Waals surface area contributed by atoms with Gasteiger partial charge in [0.1, 0.15) is 0 Å². The number of benzene rings is 6. The summed E-state index contributed by atoms with van der Waals surface area (Å²) >= 11 is 0. The number of para-hydroxylation sites is 3. The molecule has 0 spiro atoms. The minimum Gasteiger partial charge on any atom is -0.333 e. The van der Waals surface area contributed by atoms with E-state index in [4.69, 9.17) is 4.98 Å². The Hall–Kier alpha value is -4.43. The van der Waals surface area contributed by atoms with E-state index in [9.17, 15) is 0 Å². The van der Waals surface area contributed by atoms with Crippen LogP contribution < -0.4 is 32.8 Å². The zero-order chi connectivity index (χ0) is 32.4. The Labute approximate surface area is 298 Å². The predicted octanol–water partition coefficient (Wildman–Crippen LogP) is 5.69. The molecule has 0 amide bonds. The number of aryl methyl sites for hydroxylation is 6. The molecule has 2 heterocycles. The normalized spacial score (nSPS) is 12.1. The SMILES string of the molecule is Cc1cccc(C)c1B1c2c[c-]c(-c3nc4ccccc4n3-c3c(C)cccc3C)cc2B(c2c(C)cccc2C)c2ccccc21.[Ir]. The summed E-state index contributed by atoms with van der Waals surface area (Å²) in [6.07, 6.45) is 0. The Morgan fingerprint density at radius 1 is 0.521 bits per heavy atom. The Morgan fingerprint density at radius 2 is 1.00 bits per heavy atom. The maximum absolute atomic E-state index is 5.30. The summed E-state index contributed by atoms with van der Waals surface area (Å²) in [5.41, 5.74) is 20.2. The monoisotopic (exact) mass is 796 g/mol. The number of hydrogen-bond acceptors (Lipinski definition) is 1. The van der Waals surface area contributed by atoms with Crippen LogP contribution in [-0.4, -0.2) is 23.0 Å². The fourth-order valence-corrected chi connectivity index (χ4v) is 8.30. The molecule has 1 aliphatic rings. The van der Waals surface area contributed by atoms with E-state index in [-0.39, 0.29) is 33.5 Å². The van der Waals surface area contributed by atoms with E-state index >= 15 is 0 Å². The minimum atomic E-state index is 0. The van der Waals surface area contributed by atoms with Gasteiger partial charge < -0.3 is 4.57 Å². The van der Waals surface area contributed by atoms with Gasteiger partial charge in [0, 0.05) is 25.8 Å². The van der Waals surface area contributed by atoms with E-state index in [1.54, 1.807) is 0 Å². The fraction of sp³-hybridized carbons (Fsp3) is 0.140. The van der Waals surface area contributed by atoms with Gasteiger partial charge in [0.05, 0.1) is 16.9 Å². The molecule has 8 rings (SSSR count). The van der Waals surface area contributed by atoms with Crippen LogP contribution in [0, 0.1) is 47.6 Å². The number of imidazole rings is 1. The zero-order valence-corrected chi connectivity index (χ0v) is 30.7. The van der Waals surface area contributed by atoms with Gasteiger partial charge in [-0.1, -0.05) is 135 Å². The maximum atomic E-state index is 5.30. The molecule has 0 bridgehead atoms. The van der Waals surface area contributed by atoms with E-state index < -0.39 is 0 Å². The van der Waals surface area contributed by atoms with Crippen molar-refractivity contribution in [2.45, 2.75) is 41.5 Å². The molecule has 6 aromatic carbocycles. The molecule has 235 valence electrons. The van der Waals surface area contributed by atoms with Crippen molar-refractivity contribution in [3.05, 3.63) is 155 Å². The summed E-state index contributed by atoms with van der Waals surface area (Å²) < 4.78 is 2.35. The summed E-state index contributed by atoms with van der Waals surface area (Å²) in [5.74, 6) is 0.925. The summed E-state index contributed by atoms with van der Waals surface area (Å²) in [7, 11) is 0. The third-order valence-corrected chi connectivity index (χ3v) is 10.4. The molecule has 0 unspecified atom stereocenters. The molecule has 2 nitrogen and oxygen atoms in total. The summed E-state index contributed by atoms with van der Waals surface area (Å²) in [6, 6.07) is 46.0. The van der Waals surface area contributed by atoms with Crippen LogP contribution in [-0.2, 0) is 20.1 Å². The van der Waals surface area contributed by atoms with Gasteiger partial charge >= 0.3 is 0 Å². The van der Waals surface area contributed by atoms with Crippen molar-refractivity contribution in [2.75, 3.05) is 0 Å². The molecule has 1 radical (unpaired) electrons. The molecule has 0 saturated carbocycles. The van der Waals surface area contributed by atoms with Crippen LogP contribution in [0.25, 0.3) is 28.1 Å². The third-order valence-electron chi connectivity index (χ3n) is 10.4. The molecule has 5 heteroatoms. The van der Waals surface area contributed by atoms with Crippen molar-refractivity contribution in [1.82, 2.24) is 9.55 Å². The summed E-state index contributed by atoms with van der Waals surface area (Å²) in [4.78, 5) is 5.30. The van der Waals surface area contributed by atoms with Crippen LogP contribution in [0.4, 0.5) is 0 Å². The number of nitrogens with zero attached hydrogens (tertiary/aromatic N) is 2. The average Bonchev–Trinajstić information content (AvgIpc) is 3.44. The second kappa shape index (κ2) is 12.5. The topological polar surface area (TPSA) is 17.8 Å². The molecular weight excluding hydrogens is 758 g/mol. The molecule has 0 saturated heterocycles. The Balaban J connectivity index is 0.00000364. The van der Waals surface area contributed by atoms with Gasteiger partial charge in [-0.2, -0.15) is 5.46 Å². The van der Waals surface area contributed by atoms with E-state index in [0.717, 1.165) is 22.4 Å². The predicted molar refractivity (Wildman–Crippen MR) is 202 cm³/mol. The number of aromatic nitrogens is 2. The van der Waals surface area contributed by atoms with Crippen LogP contribution in [0.2, 0.25) is 0 Å². The average molecular weight is 796 g/mol. The van der Waals surface area contributed by atoms with Crippen molar-refractivity contribution < 1.29 is 20.1 Å². The van der Waals surface area contributed by atoms with Gasteiger partial charge in [-0.05, 0) is 64.8 Å². The standard InChI is InChI=1S/C43H37B2N2.Ir/c1-27-14-11-15-28(2)40(27)44-34-20-7-8-21-35(34)45(41-29(3)16-12-17-30(41)4)37-26-33(24-25-36(37)44)43-46-38-22-9-10-23-39(38)47(43)42-31(5)18-13-19-32(42)6;/h7-23,25-26H,1-6H3;/q-1;. The first-order valence-corrected chi connectivity index (χ1v) is 16.6. The van der Waals surface area contributed by atoms with Crippen molar-refractivity contribution in [3.63, 3.8) is 0 Å². The number of fused-ring (bicyclic) bond motifs is 3. The fourth-order valence-electron chi connectivity index (χ4n) is 8.30. The Morgan fingerprint density at radius 3 is 1.56 bits per heavy atom. The third kappa shape index (κ3) is 5.03. The van der Waals surface area contributed by atoms with Gasteiger partial charge in [-0.15, -0.1) is 29.2 Å². The maximum Gasteiger partial charge on any atom is 0.222 e. The number of hydrogen-bond donors (Lipinski definition) is 0. The smallest absolute Gasteiger partial charge is 0.222 e. The van der Waals surface area contributed by atoms with Crippen molar-refractivity contribution in [1.29, 1.82) is 0 Å². The second-order valence-corrected chi connectivity index (χ2v) is 13.4.